The Morgan fingerprint density at radius 1 is 1.38 bits per heavy atom. The molecule has 0 bridgehead atoms. The summed E-state index contributed by atoms with van der Waals surface area (Å²) in [4.78, 5) is 8.10. The predicted octanol–water partition coefficient (Wildman–Crippen LogP) is 4.13. The van der Waals surface area contributed by atoms with Gasteiger partial charge in [-0.05, 0) is 56.3 Å². The van der Waals surface area contributed by atoms with Crippen LogP contribution in [0.3, 0.4) is 0 Å². The maximum Gasteiger partial charge on any atom is 0.166 e. The highest BCUT2D eigenvalue weighted by Gasteiger charge is 2.25. The number of aryl methyl sites for hydroxylation is 1. The number of fused-ring (bicyclic) bond motifs is 1. The van der Waals surface area contributed by atoms with E-state index < -0.39 is 0 Å². The Kier molecular flexibility index (Phi) is 4.86. The molecule has 2 atom stereocenters. The lowest BCUT2D eigenvalue weighted by Crippen LogP contribution is -2.32. The van der Waals surface area contributed by atoms with Gasteiger partial charge < -0.3 is 10.3 Å². The summed E-state index contributed by atoms with van der Waals surface area (Å²) in [5.74, 6) is 2.01. The molecule has 4 heteroatoms. The maximum absolute atomic E-state index is 4.67. The van der Waals surface area contributed by atoms with Crippen LogP contribution in [0, 0.1) is 12.8 Å². The summed E-state index contributed by atoms with van der Waals surface area (Å²) in [6.45, 7) is 5.42. The average molecular weight is 303 g/mol. The number of hydrogen-bond acceptors (Lipinski definition) is 3. The lowest BCUT2D eigenvalue weighted by atomic mass is 10.0. The monoisotopic (exact) mass is 303 g/mol. The molecule has 0 saturated heterocycles. The molecule has 3 nitrogen and oxygen atoms in total. The van der Waals surface area contributed by atoms with Crippen molar-refractivity contribution in [1.82, 2.24) is 15.3 Å². The molecule has 1 saturated carbocycles. The Hall–Kier alpha value is -1.00. The van der Waals surface area contributed by atoms with E-state index in [-0.39, 0.29) is 0 Å². The second-order valence-corrected chi connectivity index (χ2v) is 7.14. The third-order valence-electron chi connectivity index (χ3n) is 4.47. The Morgan fingerprint density at radius 3 is 3.14 bits per heavy atom. The Balaban J connectivity index is 1.54. The molecule has 1 aliphatic rings. The molecule has 1 aliphatic carbocycles. The summed E-state index contributed by atoms with van der Waals surface area (Å²) in [6.07, 6.45) is 5.42. The molecule has 1 aromatic heterocycles. The zero-order valence-electron chi connectivity index (χ0n) is 13.0. The van der Waals surface area contributed by atoms with Gasteiger partial charge in [-0.1, -0.05) is 31.2 Å². The molecule has 1 fully saturated rings. The first-order valence-electron chi connectivity index (χ1n) is 8.09. The van der Waals surface area contributed by atoms with Gasteiger partial charge in [-0.3, -0.25) is 0 Å². The molecule has 0 aliphatic heterocycles. The maximum atomic E-state index is 4.67. The van der Waals surface area contributed by atoms with Gasteiger partial charge >= 0.3 is 0 Å². The third-order valence-corrected chi connectivity index (χ3v) is 5.38. The van der Waals surface area contributed by atoms with Gasteiger partial charge in [-0.25, -0.2) is 4.98 Å². The van der Waals surface area contributed by atoms with Crippen LogP contribution in [-0.4, -0.2) is 28.3 Å². The number of rotatable bonds is 6. The van der Waals surface area contributed by atoms with Crippen molar-refractivity contribution in [2.75, 3.05) is 12.3 Å². The molecule has 2 aromatic rings. The summed E-state index contributed by atoms with van der Waals surface area (Å²) < 4.78 is 0. The van der Waals surface area contributed by atoms with Crippen molar-refractivity contribution in [3.8, 4) is 0 Å². The summed E-state index contributed by atoms with van der Waals surface area (Å²) in [7, 11) is 0. The van der Waals surface area contributed by atoms with Crippen LogP contribution in [0.25, 0.3) is 11.0 Å². The second kappa shape index (κ2) is 6.84. The van der Waals surface area contributed by atoms with Crippen LogP contribution in [0.1, 0.15) is 38.2 Å². The van der Waals surface area contributed by atoms with E-state index in [2.05, 4.69) is 47.3 Å². The molecule has 114 valence electrons. The van der Waals surface area contributed by atoms with Crippen LogP contribution in [0.5, 0.6) is 0 Å². The Bertz CT molecular complexity index is 593. The van der Waals surface area contributed by atoms with Crippen molar-refractivity contribution in [3.05, 3.63) is 23.8 Å². The molecular formula is C17H25N3S. The number of benzene rings is 1. The molecule has 0 amide bonds. The van der Waals surface area contributed by atoms with Gasteiger partial charge in [-0.15, -0.1) is 0 Å². The molecule has 0 spiro atoms. The van der Waals surface area contributed by atoms with Gasteiger partial charge in [0.05, 0.1) is 11.0 Å². The van der Waals surface area contributed by atoms with Crippen molar-refractivity contribution >= 4 is 22.8 Å². The van der Waals surface area contributed by atoms with Crippen molar-refractivity contribution in [2.45, 2.75) is 50.7 Å². The molecule has 2 N–H and O–H groups in total. The number of aromatic nitrogens is 2. The van der Waals surface area contributed by atoms with Gasteiger partial charge in [0.1, 0.15) is 0 Å². The quantitative estimate of drug-likeness (QED) is 0.788. The standard InChI is InChI=1S/C17H25N3S/c1-3-18-14-6-4-5-13(14)9-10-21-17-19-15-8-7-12(2)11-16(15)20-17/h7-8,11,13-14,18H,3-6,9-10H2,1-2H3,(H,19,20). The van der Waals surface area contributed by atoms with E-state index in [1.807, 2.05) is 11.8 Å². The van der Waals surface area contributed by atoms with Crippen molar-refractivity contribution in [1.29, 1.82) is 0 Å². The van der Waals surface area contributed by atoms with Crippen molar-refractivity contribution in [3.63, 3.8) is 0 Å². The van der Waals surface area contributed by atoms with E-state index >= 15 is 0 Å². The van der Waals surface area contributed by atoms with Gasteiger partial charge in [0.15, 0.2) is 5.16 Å². The molecule has 1 aromatic carbocycles. The van der Waals surface area contributed by atoms with Crippen LogP contribution in [0.2, 0.25) is 0 Å². The highest BCUT2D eigenvalue weighted by atomic mass is 32.2. The molecule has 21 heavy (non-hydrogen) atoms. The SMILES string of the molecule is CCNC1CCCC1CCSc1nc2ccc(C)cc2[nH]1. The smallest absolute Gasteiger partial charge is 0.166 e. The van der Waals surface area contributed by atoms with Crippen LogP contribution in [0.15, 0.2) is 23.4 Å². The molecular weight excluding hydrogens is 278 g/mol. The van der Waals surface area contributed by atoms with Crippen LogP contribution < -0.4 is 5.32 Å². The Morgan fingerprint density at radius 2 is 2.29 bits per heavy atom. The number of imidazole rings is 1. The molecule has 2 unspecified atom stereocenters. The molecule has 1 heterocycles. The highest BCUT2D eigenvalue weighted by molar-refractivity contribution is 7.99. The van der Waals surface area contributed by atoms with Crippen LogP contribution in [0.4, 0.5) is 0 Å². The zero-order valence-corrected chi connectivity index (χ0v) is 13.8. The molecule has 3 rings (SSSR count). The minimum Gasteiger partial charge on any atom is -0.333 e. The van der Waals surface area contributed by atoms with Crippen molar-refractivity contribution < 1.29 is 0 Å². The first-order chi connectivity index (χ1) is 10.3. The van der Waals surface area contributed by atoms with E-state index in [1.54, 1.807) is 0 Å². The summed E-state index contributed by atoms with van der Waals surface area (Å²) in [6, 6.07) is 7.14. The van der Waals surface area contributed by atoms with E-state index in [4.69, 9.17) is 0 Å². The number of hydrogen-bond donors (Lipinski definition) is 2. The summed E-state index contributed by atoms with van der Waals surface area (Å²) >= 11 is 1.86. The summed E-state index contributed by atoms with van der Waals surface area (Å²) in [5.41, 5.74) is 3.51. The minimum absolute atomic E-state index is 0.744. The minimum atomic E-state index is 0.744. The van der Waals surface area contributed by atoms with Gasteiger partial charge in [0, 0.05) is 11.8 Å². The number of H-pyrrole nitrogens is 1. The van der Waals surface area contributed by atoms with Crippen LogP contribution >= 0.6 is 11.8 Å². The lowest BCUT2D eigenvalue weighted by Gasteiger charge is -2.19. The first-order valence-corrected chi connectivity index (χ1v) is 9.07. The first kappa shape index (κ1) is 14.9. The van der Waals surface area contributed by atoms with Gasteiger partial charge in [0.2, 0.25) is 0 Å². The summed E-state index contributed by atoms with van der Waals surface area (Å²) in [5, 5.41) is 4.70. The topological polar surface area (TPSA) is 40.7 Å². The Labute approximate surface area is 131 Å². The number of aromatic amines is 1. The third kappa shape index (κ3) is 3.61. The van der Waals surface area contributed by atoms with E-state index in [1.165, 1.54) is 31.2 Å². The van der Waals surface area contributed by atoms with Gasteiger partial charge in [-0.2, -0.15) is 0 Å². The number of nitrogens with one attached hydrogen (secondary N) is 2. The number of nitrogens with zero attached hydrogens (tertiary/aromatic N) is 1. The molecule has 0 radical (unpaired) electrons. The van der Waals surface area contributed by atoms with Crippen LogP contribution in [-0.2, 0) is 0 Å². The predicted molar refractivity (Wildman–Crippen MR) is 91.0 cm³/mol. The average Bonchev–Trinajstić information content (AvgIpc) is 3.06. The fraction of sp³-hybridized carbons (Fsp3) is 0.588. The fourth-order valence-corrected chi connectivity index (χ4v) is 4.35. The second-order valence-electron chi connectivity index (χ2n) is 6.05. The highest BCUT2D eigenvalue weighted by Crippen LogP contribution is 2.30. The zero-order chi connectivity index (χ0) is 14.7. The largest absolute Gasteiger partial charge is 0.333 e. The normalized spacial score (nSPS) is 22.2. The van der Waals surface area contributed by atoms with Gasteiger partial charge in [0.25, 0.3) is 0 Å². The number of thioether (sulfide) groups is 1. The van der Waals surface area contributed by atoms with E-state index in [0.29, 0.717) is 0 Å². The van der Waals surface area contributed by atoms with Crippen molar-refractivity contribution in [2.24, 2.45) is 5.92 Å². The lowest BCUT2D eigenvalue weighted by molar-refractivity contribution is 0.400. The fourth-order valence-electron chi connectivity index (χ4n) is 3.39. The van der Waals surface area contributed by atoms with E-state index in [9.17, 15) is 0 Å². The van der Waals surface area contributed by atoms with E-state index in [0.717, 1.165) is 40.4 Å².